The lowest BCUT2D eigenvalue weighted by Gasteiger charge is -2.25. The van der Waals surface area contributed by atoms with Crippen LogP contribution < -0.4 is 9.62 Å². The van der Waals surface area contributed by atoms with Gasteiger partial charge in [-0.05, 0) is 67.9 Å². The smallest absolute Gasteiger partial charge is 0.269 e. The zero-order valence-electron chi connectivity index (χ0n) is 24.1. The summed E-state index contributed by atoms with van der Waals surface area (Å²) in [6, 6.07) is 26.5. The summed E-state index contributed by atoms with van der Waals surface area (Å²) in [4.78, 5) is 23.6. The maximum absolute atomic E-state index is 14.0. The van der Waals surface area contributed by atoms with E-state index in [-0.39, 0.29) is 28.8 Å². The van der Waals surface area contributed by atoms with Gasteiger partial charge in [-0.25, -0.2) is 8.42 Å². The number of rotatable bonds is 11. The number of amides is 1. The maximum Gasteiger partial charge on any atom is 0.269 e. The van der Waals surface area contributed by atoms with Gasteiger partial charge in [0.25, 0.3) is 15.7 Å². The van der Waals surface area contributed by atoms with Crippen molar-refractivity contribution in [3.8, 4) is 5.69 Å². The van der Waals surface area contributed by atoms with Crippen molar-refractivity contribution < 1.29 is 18.1 Å². The van der Waals surface area contributed by atoms with Crippen LogP contribution in [0.4, 0.5) is 17.1 Å². The average Bonchev–Trinajstić information content (AvgIpc) is 3.42. The van der Waals surface area contributed by atoms with Crippen molar-refractivity contribution in [3.63, 3.8) is 0 Å². The molecule has 0 aliphatic rings. The van der Waals surface area contributed by atoms with Gasteiger partial charge in [-0.15, -0.1) is 10.2 Å². The molecule has 0 saturated carbocycles. The Morgan fingerprint density at radius 2 is 1.71 bits per heavy atom. The number of aryl methyl sites for hydroxylation is 2. The Balaban J connectivity index is 1.46. The molecular weight excluding hydrogens is 636 g/mol. The van der Waals surface area contributed by atoms with E-state index in [1.54, 1.807) is 60.0 Å². The van der Waals surface area contributed by atoms with Gasteiger partial charge in [0.15, 0.2) is 11.0 Å². The van der Waals surface area contributed by atoms with Crippen molar-refractivity contribution in [2.75, 3.05) is 15.4 Å². The largest absolute Gasteiger partial charge is 0.325 e. The molecule has 0 aliphatic heterocycles. The van der Waals surface area contributed by atoms with Gasteiger partial charge in [-0.3, -0.25) is 23.8 Å². The topological polar surface area (TPSA) is 140 Å². The van der Waals surface area contributed by atoms with E-state index in [0.29, 0.717) is 38.6 Å². The van der Waals surface area contributed by atoms with Gasteiger partial charge in [-0.2, -0.15) is 0 Å². The third-order valence-corrected chi connectivity index (χ3v) is 9.68. The van der Waals surface area contributed by atoms with Gasteiger partial charge in [-0.1, -0.05) is 65.3 Å². The molecule has 0 spiro atoms. The van der Waals surface area contributed by atoms with Crippen LogP contribution in [0.1, 0.15) is 17.0 Å². The van der Waals surface area contributed by atoms with Crippen LogP contribution >= 0.6 is 23.4 Å². The summed E-state index contributed by atoms with van der Waals surface area (Å²) in [5, 5.41) is 23.2. The van der Waals surface area contributed by atoms with Crippen LogP contribution in [0.15, 0.2) is 107 Å². The van der Waals surface area contributed by atoms with Crippen LogP contribution in [0.2, 0.25) is 5.02 Å². The van der Waals surface area contributed by atoms with Crippen molar-refractivity contribution in [2.45, 2.75) is 30.4 Å². The van der Waals surface area contributed by atoms with Gasteiger partial charge in [0, 0.05) is 28.5 Å². The van der Waals surface area contributed by atoms with Crippen molar-refractivity contribution in [2.24, 2.45) is 0 Å². The molecule has 1 heterocycles. The SMILES string of the molecule is Cc1ccc(S(=O)(=O)N(Cc2nnc(SCC(=O)Nc3ccc([N+](=O)[O-])cc3C)n2-c2ccccc2)c2cccc(Cl)c2)cc1. The first-order valence-electron chi connectivity index (χ1n) is 13.6. The number of halogens is 1. The minimum absolute atomic E-state index is 0.0545. The van der Waals surface area contributed by atoms with Crippen molar-refractivity contribution >= 4 is 56.4 Å². The summed E-state index contributed by atoms with van der Waals surface area (Å²) in [5.41, 5.74) is 2.87. The molecule has 45 heavy (non-hydrogen) atoms. The van der Waals surface area contributed by atoms with Gasteiger partial charge in [0.05, 0.1) is 27.8 Å². The minimum atomic E-state index is -4.07. The molecule has 11 nitrogen and oxygen atoms in total. The lowest BCUT2D eigenvalue weighted by Crippen LogP contribution is -2.31. The molecule has 0 atom stereocenters. The first-order chi connectivity index (χ1) is 21.5. The Morgan fingerprint density at radius 3 is 2.38 bits per heavy atom. The van der Waals surface area contributed by atoms with Crippen molar-refractivity contribution in [1.82, 2.24) is 14.8 Å². The third-order valence-electron chi connectivity index (χ3n) is 6.73. The van der Waals surface area contributed by atoms with Crippen LogP contribution in [-0.2, 0) is 21.4 Å². The predicted molar refractivity (Wildman–Crippen MR) is 175 cm³/mol. The molecule has 0 unspecified atom stereocenters. The molecule has 0 bridgehead atoms. The van der Waals surface area contributed by atoms with Crippen LogP contribution in [0, 0.1) is 24.0 Å². The Bertz CT molecular complexity index is 1970. The molecule has 0 saturated heterocycles. The van der Waals surface area contributed by atoms with Gasteiger partial charge in [0.1, 0.15) is 0 Å². The number of sulfonamides is 1. The molecule has 0 radical (unpaired) electrons. The number of benzene rings is 4. The van der Waals surface area contributed by atoms with Gasteiger partial charge in [0.2, 0.25) is 5.91 Å². The number of nitro groups is 1. The molecule has 5 rings (SSSR count). The highest BCUT2D eigenvalue weighted by molar-refractivity contribution is 7.99. The molecule has 5 aromatic rings. The molecule has 1 aromatic heterocycles. The fourth-order valence-electron chi connectivity index (χ4n) is 4.46. The number of thioether (sulfide) groups is 1. The first kappa shape index (κ1) is 31.7. The quantitative estimate of drug-likeness (QED) is 0.0951. The van der Waals surface area contributed by atoms with E-state index in [9.17, 15) is 23.3 Å². The summed E-state index contributed by atoms with van der Waals surface area (Å²) in [5.74, 6) is -0.101. The average molecular weight is 663 g/mol. The lowest BCUT2D eigenvalue weighted by atomic mass is 10.2. The van der Waals surface area contributed by atoms with E-state index in [4.69, 9.17) is 11.6 Å². The first-order valence-corrected chi connectivity index (χ1v) is 16.4. The van der Waals surface area contributed by atoms with E-state index in [0.717, 1.165) is 17.3 Å². The number of aromatic nitrogens is 3. The predicted octanol–water partition coefficient (Wildman–Crippen LogP) is 6.57. The van der Waals surface area contributed by atoms with E-state index >= 15 is 0 Å². The van der Waals surface area contributed by atoms with Gasteiger partial charge >= 0.3 is 0 Å². The number of non-ortho nitro benzene ring substituents is 1. The molecule has 0 fully saturated rings. The van der Waals surface area contributed by atoms with E-state index in [1.165, 1.54) is 22.5 Å². The van der Waals surface area contributed by atoms with Gasteiger partial charge < -0.3 is 5.32 Å². The molecule has 1 N–H and O–H groups in total. The van der Waals surface area contributed by atoms with E-state index in [1.807, 2.05) is 37.3 Å². The number of carbonyl (C=O) groups excluding carboxylic acids is 1. The Hall–Kier alpha value is -4.72. The normalized spacial score (nSPS) is 11.3. The highest BCUT2D eigenvalue weighted by Crippen LogP contribution is 2.30. The van der Waals surface area contributed by atoms with E-state index < -0.39 is 14.9 Å². The second-order valence-electron chi connectivity index (χ2n) is 9.97. The Morgan fingerprint density at radius 1 is 0.978 bits per heavy atom. The van der Waals surface area contributed by atoms with Crippen LogP contribution in [0.3, 0.4) is 0 Å². The highest BCUT2D eigenvalue weighted by atomic mass is 35.5. The van der Waals surface area contributed by atoms with E-state index in [2.05, 4.69) is 15.5 Å². The Kier molecular flexibility index (Phi) is 9.51. The number of nitrogens with zero attached hydrogens (tertiary/aromatic N) is 5. The number of hydrogen-bond acceptors (Lipinski definition) is 8. The van der Waals surface area contributed by atoms with Crippen LogP contribution in [0.25, 0.3) is 5.69 Å². The standard InChI is InChI=1S/C31H27ClN6O5S2/c1-21-11-14-27(15-12-21)45(42,43)36(25-10-6-7-23(32)18-25)19-29-34-35-31(37(29)24-8-4-3-5-9-24)44-20-30(39)33-28-16-13-26(38(40)41)17-22(28)2/h3-18H,19-20H2,1-2H3,(H,33,39). The summed E-state index contributed by atoms with van der Waals surface area (Å²) in [6.07, 6.45) is 0. The van der Waals surface area contributed by atoms with Crippen molar-refractivity contribution in [3.05, 3.63) is 129 Å². The summed E-state index contributed by atoms with van der Waals surface area (Å²) in [6.45, 7) is 3.36. The summed E-state index contributed by atoms with van der Waals surface area (Å²) >= 11 is 7.39. The number of carbonyl (C=O) groups is 1. The van der Waals surface area contributed by atoms with Crippen LogP contribution in [0.5, 0.6) is 0 Å². The zero-order valence-corrected chi connectivity index (χ0v) is 26.5. The fraction of sp³-hybridized carbons (Fsp3) is 0.129. The molecule has 4 aromatic carbocycles. The second kappa shape index (κ2) is 13.5. The Labute approximate surface area is 269 Å². The third kappa shape index (κ3) is 7.33. The number of nitrogens with one attached hydrogen (secondary N) is 1. The molecular formula is C31H27ClN6O5S2. The summed E-state index contributed by atoms with van der Waals surface area (Å²) < 4.78 is 31.0. The maximum atomic E-state index is 14.0. The fourth-order valence-corrected chi connectivity index (χ4v) is 6.83. The summed E-state index contributed by atoms with van der Waals surface area (Å²) in [7, 11) is -4.07. The molecule has 14 heteroatoms. The minimum Gasteiger partial charge on any atom is -0.325 e. The zero-order chi connectivity index (χ0) is 32.1. The number of para-hydroxylation sites is 1. The molecule has 0 aliphatic carbocycles. The second-order valence-corrected chi connectivity index (χ2v) is 13.2. The number of anilines is 2. The lowest BCUT2D eigenvalue weighted by molar-refractivity contribution is -0.384. The highest BCUT2D eigenvalue weighted by Gasteiger charge is 2.28. The monoisotopic (exact) mass is 662 g/mol. The van der Waals surface area contributed by atoms with Crippen molar-refractivity contribution in [1.29, 1.82) is 0 Å². The molecule has 1 amide bonds. The number of nitro benzene ring substituents is 1. The number of hydrogen-bond donors (Lipinski definition) is 1. The molecule has 230 valence electrons. The van der Waals surface area contributed by atoms with Crippen LogP contribution in [-0.4, -0.2) is 39.8 Å².